The minimum absolute atomic E-state index is 0.942. The van der Waals surface area contributed by atoms with Crippen LogP contribution < -0.4 is 4.74 Å². The van der Waals surface area contributed by atoms with Crippen molar-refractivity contribution >= 4 is 10.8 Å². The summed E-state index contributed by atoms with van der Waals surface area (Å²) in [6.07, 6.45) is 0. The van der Waals surface area contributed by atoms with Crippen molar-refractivity contribution in [1.82, 2.24) is 0 Å². The first-order chi connectivity index (χ1) is 6.31. The van der Waals surface area contributed by atoms with Gasteiger partial charge in [0, 0.05) is 5.39 Å². The standard InChI is InChI=1S/C12H12O/c1-9-6-7-11-10(8-9)4-3-5-12(11)13-2/h3-8H,1-2H3. The van der Waals surface area contributed by atoms with Crippen molar-refractivity contribution in [1.29, 1.82) is 0 Å². The van der Waals surface area contributed by atoms with E-state index in [0.717, 1.165) is 5.75 Å². The lowest BCUT2D eigenvalue weighted by molar-refractivity contribution is 0.420. The topological polar surface area (TPSA) is 9.23 Å². The third kappa shape index (κ3) is 1.37. The third-order valence-corrected chi connectivity index (χ3v) is 2.22. The predicted octanol–water partition coefficient (Wildman–Crippen LogP) is 3.16. The zero-order valence-corrected chi connectivity index (χ0v) is 7.87. The van der Waals surface area contributed by atoms with Crippen LogP contribution in [-0.2, 0) is 0 Å². The molecule has 0 N–H and O–H groups in total. The molecule has 0 heterocycles. The molecular formula is C12H12O. The Morgan fingerprint density at radius 1 is 1.08 bits per heavy atom. The monoisotopic (exact) mass is 172 g/mol. The zero-order valence-electron chi connectivity index (χ0n) is 7.87. The molecule has 0 spiro atoms. The summed E-state index contributed by atoms with van der Waals surface area (Å²) >= 11 is 0. The molecule has 0 aliphatic carbocycles. The number of fused-ring (bicyclic) bond motifs is 1. The van der Waals surface area contributed by atoms with Crippen LogP contribution >= 0.6 is 0 Å². The minimum Gasteiger partial charge on any atom is -0.496 e. The fraction of sp³-hybridized carbons (Fsp3) is 0.167. The van der Waals surface area contributed by atoms with Gasteiger partial charge < -0.3 is 4.74 Å². The molecule has 13 heavy (non-hydrogen) atoms. The number of hydrogen-bond donors (Lipinski definition) is 0. The predicted molar refractivity (Wildman–Crippen MR) is 55.2 cm³/mol. The van der Waals surface area contributed by atoms with Gasteiger partial charge in [-0.2, -0.15) is 0 Å². The smallest absolute Gasteiger partial charge is 0.126 e. The molecule has 0 unspecified atom stereocenters. The lowest BCUT2D eigenvalue weighted by Gasteiger charge is -2.05. The average Bonchev–Trinajstić information content (AvgIpc) is 2.16. The van der Waals surface area contributed by atoms with Crippen molar-refractivity contribution in [2.24, 2.45) is 0 Å². The summed E-state index contributed by atoms with van der Waals surface area (Å²) in [4.78, 5) is 0. The lowest BCUT2D eigenvalue weighted by atomic mass is 10.1. The summed E-state index contributed by atoms with van der Waals surface area (Å²) in [5.74, 6) is 0.942. The van der Waals surface area contributed by atoms with E-state index in [4.69, 9.17) is 4.74 Å². The van der Waals surface area contributed by atoms with Crippen LogP contribution in [0.1, 0.15) is 5.56 Å². The van der Waals surface area contributed by atoms with E-state index in [1.165, 1.54) is 16.3 Å². The number of rotatable bonds is 1. The fourth-order valence-corrected chi connectivity index (χ4v) is 1.55. The van der Waals surface area contributed by atoms with Crippen LogP contribution in [0.4, 0.5) is 0 Å². The van der Waals surface area contributed by atoms with Crippen LogP contribution in [0.2, 0.25) is 0 Å². The Labute approximate surface area is 78.0 Å². The number of aryl methyl sites for hydroxylation is 1. The van der Waals surface area contributed by atoms with Crippen LogP contribution in [0.3, 0.4) is 0 Å². The second-order valence-electron chi connectivity index (χ2n) is 3.18. The third-order valence-electron chi connectivity index (χ3n) is 2.22. The maximum Gasteiger partial charge on any atom is 0.126 e. The molecule has 0 aromatic heterocycles. The van der Waals surface area contributed by atoms with Gasteiger partial charge >= 0.3 is 0 Å². The molecule has 0 amide bonds. The molecule has 0 aliphatic heterocycles. The van der Waals surface area contributed by atoms with E-state index in [9.17, 15) is 0 Å². The van der Waals surface area contributed by atoms with Gasteiger partial charge in [0.1, 0.15) is 5.75 Å². The van der Waals surface area contributed by atoms with Gasteiger partial charge in [-0.3, -0.25) is 0 Å². The van der Waals surface area contributed by atoms with Gasteiger partial charge in [0.05, 0.1) is 7.11 Å². The van der Waals surface area contributed by atoms with Gasteiger partial charge in [0.2, 0.25) is 0 Å². The highest BCUT2D eigenvalue weighted by Crippen LogP contribution is 2.25. The SMILES string of the molecule is COc1cccc2cc(C)ccc12. The molecule has 66 valence electrons. The Hall–Kier alpha value is -1.50. The van der Waals surface area contributed by atoms with Crippen molar-refractivity contribution in [3.8, 4) is 5.75 Å². The Morgan fingerprint density at radius 3 is 2.69 bits per heavy atom. The van der Waals surface area contributed by atoms with E-state index in [1.54, 1.807) is 7.11 Å². The Balaban J connectivity index is 2.77. The number of benzene rings is 2. The van der Waals surface area contributed by atoms with E-state index < -0.39 is 0 Å². The Morgan fingerprint density at radius 2 is 1.92 bits per heavy atom. The van der Waals surface area contributed by atoms with E-state index in [-0.39, 0.29) is 0 Å². The first kappa shape index (κ1) is 8.11. The summed E-state index contributed by atoms with van der Waals surface area (Å²) < 4.78 is 5.27. The average molecular weight is 172 g/mol. The van der Waals surface area contributed by atoms with Gasteiger partial charge in [-0.1, -0.05) is 35.9 Å². The Bertz CT molecular complexity index is 432. The van der Waals surface area contributed by atoms with E-state index in [2.05, 4.69) is 31.2 Å². The summed E-state index contributed by atoms with van der Waals surface area (Å²) in [5.41, 5.74) is 1.28. The quantitative estimate of drug-likeness (QED) is 0.642. The van der Waals surface area contributed by atoms with Gasteiger partial charge in [-0.25, -0.2) is 0 Å². The molecular weight excluding hydrogens is 160 g/mol. The molecule has 0 aliphatic rings. The molecule has 0 bridgehead atoms. The summed E-state index contributed by atoms with van der Waals surface area (Å²) in [5, 5.41) is 2.41. The molecule has 0 atom stereocenters. The van der Waals surface area contributed by atoms with Crippen molar-refractivity contribution in [2.45, 2.75) is 6.92 Å². The van der Waals surface area contributed by atoms with Crippen LogP contribution in [0, 0.1) is 6.92 Å². The molecule has 0 fully saturated rings. The normalized spacial score (nSPS) is 10.3. The van der Waals surface area contributed by atoms with Crippen LogP contribution in [0.15, 0.2) is 36.4 Å². The first-order valence-electron chi connectivity index (χ1n) is 4.34. The number of ether oxygens (including phenoxy) is 1. The van der Waals surface area contributed by atoms with Crippen molar-refractivity contribution in [3.63, 3.8) is 0 Å². The van der Waals surface area contributed by atoms with Crippen LogP contribution in [0.5, 0.6) is 5.75 Å². The van der Waals surface area contributed by atoms with Gasteiger partial charge in [0.25, 0.3) is 0 Å². The second kappa shape index (κ2) is 3.09. The highest BCUT2D eigenvalue weighted by molar-refractivity contribution is 5.88. The highest BCUT2D eigenvalue weighted by atomic mass is 16.5. The van der Waals surface area contributed by atoms with Gasteiger partial charge in [-0.05, 0) is 18.4 Å². The highest BCUT2D eigenvalue weighted by Gasteiger charge is 1.99. The molecule has 1 nitrogen and oxygen atoms in total. The van der Waals surface area contributed by atoms with Crippen LogP contribution in [0.25, 0.3) is 10.8 Å². The molecule has 0 radical (unpaired) electrons. The fourth-order valence-electron chi connectivity index (χ4n) is 1.55. The summed E-state index contributed by atoms with van der Waals surface area (Å²) in [6.45, 7) is 2.10. The van der Waals surface area contributed by atoms with Crippen molar-refractivity contribution in [3.05, 3.63) is 42.0 Å². The summed E-state index contributed by atoms with van der Waals surface area (Å²) in [7, 11) is 1.70. The minimum atomic E-state index is 0.942. The van der Waals surface area contributed by atoms with Gasteiger partial charge in [0.15, 0.2) is 0 Å². The molecule has 0 saturated carbocycles. The summed E-state index contributed by atoms with van der Waals surface area (Å²) in [6, 6.07) is 12.5. The van der Waals surface area contributed by atoms with Gasteiger partial charge in [-0.15, -0.1) is 0 Å². The first-order valence-corrected chi connectivity index (χ1v) is 4.34. The molecule has 2 rings (SSSR count). The van der Waals surface area contributed by atoms with Crippen molar-refractivity contribution in [2.75, 3.05) is 7.11 Å². The van der Waals surface area contributed by atoms with E-state index in [1.807, 2.05) is 12.1 Å². The Kier molecular flexibility index (Phi) is 1.93. The number of hydrogen-bond acceptors (Lipinski definition) is 1. The lowest BCUT2D eigenvalue weighted by Crippen LogP contribution is -1.84. The second-order valence-corrected chi connectivity index (χ2v) is 3.18. The zero-order chi connectivity index (χ0) is 9.26. The molecule has 0 saturated heterocycles. The van der Waals surface area contributed by atoms with Crippen LogP contribution in [-0.4, -0.2) is 7.11 Å². The molecule has 1 heteroatoms. The molecule has 2 aromatic carbocycles. The largest absolute Gasteiger partial charge is 0.496 e. The molecule has 2 aromatic rings. The number of methoxy groups -OCH3 is 1. The van der Waals surface area contributed by atoms with E-state index >= 15 is 0 Å². The van der Waals surface area contributed by atoms with E-state index in [0.29, 0.717) is 0 Å². The van der Waals surface area contributed by atoms with Crippen molar-refractivity contribution < 1.29 is 4.74 Å². The maximum absolute atomic E-state index is 5.27. The maximum atomic E-state index is 5.27.